The van der Waals surface area contributed by atoms with Crippen molar-refractivity contribution in [1.29, 1.82) is 0 Å². The van der Waals surface area contributed by atoms with Crippen molar-refractivity contribution in [2.45, 2.75) is 6.61 Å². The first-order valence-corrected chi connectivity index (χ1v) is 5.14. The van der Waals surface area contributed by atoms with E-state index in [1.54, 1.807) is 18.3 Å². The lowest BCUT2D eigenvalue weighted by Gasteiger charge is -2.07. The third-order valence-corrected chi connectivity index (χ3v) is 2.43. The average Bonchev–Trinajstić information content (AvgIpc) is 2.86. The molecule has 1 N–H and O–H groups in total. The van der Waals surface area contributed by atoms with Crippen LogP contribution in [0.15, 0.2) is 30.5 Å². The van der Waals surface area contributed by atoms with Gasteiger partial charge in [-0.15, -0.1) is 0 Å². The van der Waals surface area contributed by atoms with Crippen LogP contribution in [-0.2, 0) is 6.61 Å². The number of hydrogen-bond donors (Lipinski definition) is 1. The van der Waals surface area contributed by atoms with Gasteiger partial charge in [0.1, 0.15) is 5.69 Å². The summed E-state index contributed by atoms with van der Waals surface area (Å²) in [7, 11) is 1.43. The molecule has 1 aromatic heterocycles. The van der Waals surface area contributed by atoms with Gasteiger partial charge >= 0.3 is 0 Å². The Morgan fingerprint density at radius 3 is 2.83 bits per heavy atom. The van der Waals surface area contributed by atoms with Gasteiger partial charge in [-0.05, 0) is 12.1 Å². The molecule has 0 saturated heterocycles. The van der Waals surface area contributed by atoms with E-state index in [1.165, 1.54) is 23.9 Å². The number of rotatable bonds is 4. The Hall–Kier alpha value is -2.41. The molecule has 18 heavy (non-hydrogen) atoms. The first-order valence-electron chi connectivity index (χ1n) is 5.14. The number of ether oxygens (including phenoxy) is 1. The molecule has 7 nitrogen and oxygen atoms in total. The van der Waals surface area contributed by atoms with E-state index >= 15 is 0 Å². The molecule has 0 unspecified atom stereocenters. The Labute approximate surface area is 102 Å². The maximum Gasteiger partial charge on any atom is 0.273 e. The number of non-ortho nitro benzene ring substituents is 1. The second-order valence-electron chi connectivity index (χ2n) is 3.52. The molecule has 0 amide bonds. The van der Waals surface area contributed by atoms with Crippen LogP contribution in [0.2, 0.25) is 0 Å². The third kappa shape index (κ3) is 2.16. The Morgan fingerprint density at radius 1 is 1.50 bits per heavy atom. The summed E-state index contributed by atoms with van der Waals surface area (Å²) in [5.74, 6) is 0.344. The predicted octanol–water partition coefficient (Wildman–Crippen LogP) is 1.28. The van der Waals surface area contributed by atoms with Crippen LogP contribution in [0, 0.1) is 10.1 Å². The molecule has 0 aliphatic heterocycles. The monoisotopic (exact) mass is 249 g/mol. The van der Waals surface area contributed by atoms with E-state index in [0.29, 0.717) is 17.1 Å². The van der Waals surface area contributed by atoms with Crippen LogP contribution >= 0.6 is 0 Å². The lowest BCUT2D eigenvalue weighted by Crippen LogP contribution is -2.00. The van der Waals surface area contributed by atoms with E-state index < -0.39 is 4.92 Å². The summed E-state index contributed by atoms with van der Waals surface area (Å²) in [5, 5.41) is 23.7. The normalized spacial score (nSPS) is 10.3. The van der Waals surface area contributed by atoms with Crippen molar-refractivity contribution in [3.63, 3.8) is 0 Å². The molecule has 0 fully saturated rings. The van der Waals surface area contributed by atoms with Gasteiger partial charge < -0.3 is 9.84 Å². The SMILES string of the molecule is COc1cc([N+](=O)[O-])ccc1-n1ccc(CO)n1. The summed E-state index contributed by atoms with van der Waals surface area (Å²) in [4.78, 5) is 10.2. The molecule has 0 atom stereocenters. The molecule has 0 spiro atoms. The quantitative estimate of drug-likeness (QED) is 0.651. The standard InChI is InChI=1S/C11H11N3O4/c1-18-11-6-9(14(16)17)2-3-10(11)13-5-4-8(7-15)12-13/h2-6,15H,7H2,1H3. The number of aromatic nitrogens is 2. The number of hydrogen-bond acceptors (Lipinski definition) is 5. The van der Waals surface area contributed by atoms with E-state index in [2.05, 4.69) is 5.10 Å². The maximum absolute atomic E-state index is 10.7. The lowest BCUT2D eigenvalue weighted by atomic mass is 10.2. The highest BCUT2D eigenvalue weighted by Crippen LogP contribution is 2.27. The van der Waals surface area contributed by atoms with E-state index in [-0.39, 0.29) is 12.3 Å². The molecule has 94 valence electrons. The molecule has 2 rings (SSSR count). The topological polar surface area (TPSA) is 90.4 Å². The van der Waals surface area contributed by atoms with Gasteiger partial charge in [-0.1, -0.05) is 0 Å². The van der Waals surface area contributed by atoms with Crippen LogP contribution < -0.4 is 4.74 Å². The Balaban J connectivity index is 2.47. The fourth-order valence-corrected chi connectivity index (χ4v) is 1.55. The predicted molar refractivity (Wildman–Crippen MR) is 62.7 cm³/mol. The van der Waals surface area contributed by atoms with Crippen LogP contribution in [0.3, 0.4) is 0 Å². The Bertz CT molecular complexity index is 579. The van der Waals surface area contributed by atoms with Gasteiger partial charge in [0.2, 0.25) is 0 Å². The molecular formula is C11H11N3O4. The van der Waals surface area contributed by atoms with Crippen molar-refractivity contribution < 1.29 is 14.8 Å². The summed E-state index contributed by atoms with van der Waals surface area (Å²) in [6.07, 6.45) is 1.65. The molecule has 0 saturated carbocycles. The summed E-state index contributed by atoms with van der Waals surface area (Å²) < 4.78 is 6.60. The number of benzene rings is 1. The van der Waals surface area contributed by atoms with Crippen LogP contribution in [0.4, 0.5) is 5.69 Å². The summed E-state index contributed by atoms with van der Waals surface area (Å²) in [5.41, 5.74) is 1.03. The highest BCUT2D eigenvalue weighted by atomic mass is 16.6. The number of methoxy groups -OCH3 is 1. The van der Waals surface area contributed by atoms with Crippen molar-refractivity contribution in [2.24, 2.45) is 0 Å². The van der Waals surface area contributed by atoms with Crippen LogP contribution in [0.5, 0.6) is 5.75 Å². The largest absolute Gasteiger partial charge is 0.494 e. The van der Waals surface area contributed by atoms with Gasteiger partial charge in [0.15, 0.2) is 5.75 Å². The van der Waals surface area contributed by atoms with Crippen molar-refractivity contribution in [3.05, 3.63) is 46.3 Å². The summed E-state index contributed by atoms with van der Waals surface area (Å²) >= 11 is 0. The number of nitrogens with zero attached hydrogens (tertiary/aromatic N) is 3. The fraction of sp³-hybridized carbons (Fsp3) is 0.182. The Kier molecular flexibility index (Phi) is 3.24. The van der Waals surface area contributed by atoms with Gasteiger partial charge in [0.25, 0.3) is 5.69 Å². The minimum Gasteiger partial charge on any atom is -0.494 e. The van der Waals surface area contributed by atoms with Crippen LogP contribution in [0.25, 0.3) is 5.69 Å². The highest BCUT2D eigenvalue weighted by molar-refractivity contribution is 5.52. The Morgan fingerprint density at radius 2 is 2.28 bits per heavy atom. The third-order valence-electron chi connectivity index (χ3n) is 2.43. The molecule has 2 aromatic rings. The summed E-state index contributed by atoms with van der Waals surface area (Å²) in [6.45, 7) is -0.164. The molecule has 1 aromatic carbocycles. The van der Waals surface area contributed by atoms with E-state index in [0.717, 1.165) is 0 Å². The van der Waals surface area contributed by atoms with Crippen molar-refractivity contribution in [3.8, 4) is 11.4 Å². The molecule has 7 heteroatoms. The minimum atomic E-state index is -0.492. The van der Waals surface area contributed by atoms with Crippen molar-refractivity contribution in [2.75, 3.05) is 7.11 Å². The molecule has 0 bridgehead atoms. The first-order chi connectivity index (χ1) is 8.65. The van der Waals surface area contributed by atoms with Gasteiger partial charge in [0, 0.05) is 12.3 Å². The molecule has 0 aliphatic carbocycles. The lowest BCUT2D eigenvalue weighted by molar-refractivity contribution is -0.384. The van der Waals surface area contributed by atoms with Gasteiger partial charge in [-0.3, -0.25) is 10.1 Å². The number of aliphatic hydroxyl groups is 1. The van der Waals surface area contributed by atoms with Crippen LogP contribution in [-0.4, -0.2) is 26.9 Å². The molecule has 0 aliphatic rings. The van der Waals surface area contributed by atoms with Gasteiger partial charge in [-0.25, -0.2) is 4.68 Å². The zero-order valence-corrected chi connectivity index (χ0v) is 9.61. The van der Waals surface area contributed by atoms with Gasteiger partial charge in [-0.2, -0.15) is 5.10 Å². The number of aliphatic hydroxyl groups excluding tert-OH is 1. The molecular weight excluding hydrogens is 238 g/mol. The first kappa shape index (κ1) is 12.1. The second-order valence-corrected chi connectivity index (χ2v) is 3.52. The second kappa shape index (κ2) is 4.84. The van der Waals surface area contributed by atoms with Crippen LogP contribution in [0.1, 0.15) is 5.69 Å². The fourth-order valence-electron chi connectivity index (χ4n) is 1.55. The smallest absolute Gasteiger partial charge is 0.273 e. The van der Waals surface area contributed by atoms with Crippen molar-refractivity contribution in [1.82, 2.24) is 9.78 Å². The highest BCUT2D eigenvalue weighted by Gasteiger charge is 2.13. The maximum atomic E-state index is 10.7. The zero-order valence-electron chi connectivity index (χ0n) is 9.61. The summed E-state index contributed by atoms with van der Waals surface area (Å²) in [6, 6.07) is 5.90. The minimum absolute atomic E-state index is 0.0508. The van der Waals surface area contributed by atoms with E-state index in [4.69, 9.17) is 9.84 Å². The zero-order chi connectivity index (χ0) is 13.1. The van der Waals surface area contributed by atoms with Crippen molar-refractivity contribution >= 4 is 5.69 Å². The van der Waals surface area contributed by atoms with E-state index in [9.17, 15) is 10.1 Å². The number of nitro benzene ring substituents is 1. The van der Waals surface area contributed by atoms with E-state index in [1.807, 2.05) is 0 Å². The average molecular weight is 249 g/mol. The van der Waals surface area contributed by atoms with Gasteiger partial charge in [0.05, 0.1) is 30.4 Å². The molecule has 1 heterocycles. The number of nitro groups is 1. The molecule has 0 radical (unpaired) electrons.